The van der Waals surface area contributed by atoms with Crippen LogP contribution in [0.25, 0.3) is 0 Å². The van der Waals surface area contributed by atoms with Crippen molar-refractivity contribution in [2.45, 2.75) is 6.54 Å². The first-order valence-corrected chi connectivity index (χ1v) is 6.64. The Labute approximate surface area is 127 Å². The average molecular weight is 359 g/mol. The third kappa shape index (κ3) is 3.55. The number of primary amides is 1. The first-order chi connectivity index (χ1) is 9.88. The molecule has 21 heavy (non-hydrogen) atoms. The molecule has 0 unspecified atom stereocenters. The zero-order valence-electron chi connectivity index (χ0n) is 10.6. The number of benzene rings is 2. The van der Waals surface area contributed by atoms with Crippen LogP contribution in [-0.2, 0) is 6.54 Å². The second-order valence-corrected chi connectivity index (χ2v) is 5.12. The maximum atomic E-state index is 13.7. The van der Waals surface area contributed by atoms with Gasteiger partial charge in [0.2, 0.25) is 5.91 Å². The molecule has 0 heterocycles. The number of anilines is 1. The van der Waals surface area contributed by atoms with E-state index < -0.39 is 23.4 Å². The third-order valence-electron chi connectivity index (χ3n) is 2.82. The molecule has 0 atom stereocenters. The van der Waals surface area contributed by atoms with Crippen LogP contribution in [0.2, 0.25) is 0 Å². The molecule has 0 aliphatic rings. The van der Waals surface area contributed by atoms with Crippen LogP contribution in [0.5, 0.6) is 0 Å². The maximum absolute atomic E-state index is 13.7. The zero-order valence-corrected chi connectivity index (χ0v) is 12.2. The van der Waals surface area contributed by atoms with Gasteiger partial charge in [-0.1, -0.05) is 6.07 Å². The third-order valence-corrected chi connectivity index (χ3v) is 3.42. The molecule has 0 bridgehead atoms. The van der Waals surface area contributed by atoms with E-state index in [1.54, 1.807) is 0 Å². The lowest BCUT2D eigenvalue weighted by atomic mass is 10.1. The van der Waals surface area contributed by atoms with Gasteiger partial charge in [-0.25, -0.2) is 13.2 Å². The molecule has 0 saturated heterocycles. The van der Waals surface area contributed by atoms with E-state index in [1.165, 1.54) is 12.1 Å². The summed E-state index contributed by atoms with van der Waals surface area (Å²) in [4.78, 5) is 10.9. The van der Waals surface area contributed by atoms with Crippen molar-refractivity contribution < 1.29 is 18.0 Å². The Kier molecular flexibility index (Phi) is 4.52. The number of nitrogens with two attached hydrogens (primary N) is 1. The van der Waals surface area contributed by atoms with E-state index in [4.69, 9.17) is 5.73 Å². The van der Waals surface area contributed by atoms with E-state index in [0.717, 1.165) is 18.2 Å². The van der Waals surface area contributed by atoms with Gasteiger partial charge in [0.05, 0.1) is 10.2 Å². The van der Waals surface area contributed by atoms with Gasteiger partial charge in [0, 0.05) is 23.7 Å². The Bertz CT molecular complexity index is 707. The molecule has 0 radical (unpaired) electrons. The Hall–Kier alpha value is -2.02. The summed E-state index contributed by atoms with van der Waals surface area (Å²) >= 11 is 2.86. The monoisotopic (exact) mass is 358 g/mol. The number of rotatable bonds is 4. The highest BCUT2D eigenvalue weighted by atomic mass is 79.9. The highest BCUT2D eigenvalue weighted by molar-refractivity contribution is 9.10. The lowest BCUT2D eigenvalue weighted by Gasteiger charge is -2.10. The van der Waals surface area contributed by atoms with Crippen LogP contribution < -0.4 is 11.1 Å². The van der Waals surface area contributed by atoms with E-state index in [0.29, 0.717) is 0 Å². The molecule has 3 N–H and O–H groups in total. The van der Waals surface area contributed by atoms with Gasteiger partial charge in [0.1, 0.15) is 17.5 Å². The molecular formula is C14H10BrF3N2O. The fourth-order valence-electron chi connectivity index (χ4n) is 1.69. The maximum Gasteiger partial charge on any atom is 0.248 e. The van der Waals surface area contributed by atoms with Crippen LogP contribution in [-0.4, -0.2) is 5.91 Å². The standard InChI is InChI=1S/C14H10BrF3N2O/c15-9-4-12(18)13(5-11(9)17)20-6-8-2-1-7(14(19)21)3-10(8)16/h1-5,20H,6H2,(H2,19,21). The van der Waals surface area contributed by atoms with Gasteiger partial charge in [0.15, 0.2) is 0 Å². The number of hydrogen-bond donors (Lipinski definition) is 2. The SMILES string of the molecule is NC(=O)c1ccc(CNc2cc(F)c(Br)cc2F)c(F)c1. The molecule has 0 aliphatic carbocycles. The summed E-state index contributed by atoms with van der Waals surface area (Å²) < 4.78 is 40.7. The van der Waals surface area contributed by atoms with Crippen LogP contribution >= 0.6 is 15.9 Å². The van der Waals surface area contributed by atoms with Gasteiger partial charge < -0.3 is 11.1 Å². The molecule has 3 nitrogen and oxygen atoms in total. The quantitative estimate of drug-likeness (QED) is 0.820. The normalized spacial score (nSPS) is 10.5. The largest absolute Gasteiger partial charge is 0.378 e. The summed E-state index contributed by atoms with van der Waals surface area (Å²) in [5, 5.41) is 2.59. The van der Waals surface area contributed by atoms with Crippen molar-refractivity contribution in [3.8, 4) is 0 Å². The number of hydrogen-bond acceptors (Lipinski definition) is 2. The zero-order chi connectivity index (χ0) is 15.6. The highest BCUT2D eigenvalue weighted by Crippen LogP contribution is 2.24. The summed E-state index contributed by atoms with van der Waals surface area (Å²) in [6.07, 6.45) is 0. The van der Waals surface area contributed by atoms with Crippen LogP contribution in [0.1, 0.15) is 15.9 Å². The summed E-state index contributed by atoms with van der Waals surface area (Å²) in [7, 11) is 0. The smallest absolute Gasteiger partial charge is 0.248 e. The molecule has 0 aliphatic heterocycles. The minimum absolute atomic E-state index is 0.00235. The van der Waals surface area contributed by atoms with Crippen LogP contribution in [0.3, 0.4) is 0 Å². The molecule has 1 amide bonds. The summed E-state index contributed by atoms with van der Waals surface area (Å²) in [6, 6.07) is 5.66. The van der Waals surface area contributed by atoms with Crippen LogP contribution in [0, 0.1) is 17.5 Å². The molecule has 2 aromatic rings. The highest BCUT2D eigenvalue weighted by Gasteiger charge is 2.10. The Morgan fingerprint density at radius 3 is 2.43 bits per heavy atom. The lowest BCUT2D eigenvalue weighted by Crippen LogP contribution is -2.12. The summed E-state index contributed by atoms with van der Waals surface area (Å²) in [5.74, 6) is -2.70. The average Bonchev–Trinajstić information content (AvgIpc) is 2.42. The van der Waals surface area contributed by atoms with Crippen molar-refractivity contribution >= 4 is 27.5 Å². The molecule has 2 rings (SSSR count). The predicted molar refractivity (Wildman–Crippen MR) is 76.3 cm³/mol. The topological polar surface area (TPSA) is 55.1 Å². The van der Waals surface area contributed by atoms with Crippen LogP contribution in [0.4, 0.5) is 18.9 Å². The van der Waals surface area contributed by atoms with E-state index in [9.17, 15) is 18.0 Å². The summed E-state index contributed by atoms with van der Waals surface area (Å²) in [5.41, 5.74) is 5.18. The minimum Gasteiger partial charge on any atom is -0.378 e. The van der Waals surface area contributed by atoms with Gasteiger partial charge in [-0.15, -0.1) is 0 Å². The molecule has 0 spiro atoms. The van der Waals surface area contributed by atoms with E-state index in [-0.39, 0.29) is 27.8 Å². The number of halogens is 4. The van der Waals surface area contributed by atoms with Crippen molar-refractivity contribution in [3.05, 3.63) is 63.4 Å². The fourth-order valence-corrected chi connectivity index (χ4v) is 2.01. The minimum atomic E-state index is -0.741. The van der Waals surface area contributed by atoms with Crippen molar-refractivity contribution in [1.29, 1.82) is 0 Å². The first kappa shape index (κ1) is 15.4. The van der Waals surface area contributed by atoms with Crippen molar-refractivity contribution in [1.82, 2.24) is 0 Å². The molecule has 7 heteroatoms. The molecule has 0 aromatic heterocycles. The van der Waals surface area contributed by atoms with Gasteiger partial charge in [-0.2, -0.15) is 0 Å². The van der Waals surface area contributed by atoms with Crippen LogP contribution in [0.15, 0.2) is 34.8 Å². The molecule has 2 aromatic carbocycles. The van der Waals surface area contributed by atoms with Gasteiger partial charge in [0.25, 0.3) is 0 Å². The van der Waals surface area contributed by atoms with Crippen molar-refractivity contribution in [3.63, 3.8) is 0 Å². The molecular weight excluding hydrogens is 349 g/mol. The Balaban J connectivity index is 2.17. The Morgan fingerprint density at radius 1 is 1.10 bits per heavy atom. The fraction of sp³-hybridized carbons (Fsp3) is 0.0714. The number of nitrogens with one attached hydrogen (secondary N) is 1. The predicted octanol–water partition coefficient (Wildman–Crippen LogP) is 3.58. The van der Waals surface area contributed by atoms with Crippen molar-refractivity contribution in [2.75, 3.05) is 5.32 Å². The number of amides is 1. The van der Waals surface area contributed by atoms with Crippen molar-refractivity contribution in [2.24, 2.45) is 5.73 Å². The molecule has 110 valence electrons. The van der Waals surface area contributed by atoms with E-state index in [2.05, 4.69) is 21.2 Å². The Morgan fingerprint density at radius 2 is 1.81 bits per heavy atom. The van der Waals surface area contributed by atoms with E-state index in [1.807, 2.05) is 0 Å². The number of carbonyl (C=O) groups excluding carboxylic acids is 1. The number of carbonyl (C=O) groups is 1. The first-order valence-electron chi connectivity index (χ1n) is 5.85. The van der Waals surface area contributed by atoms with Gasteiger partial charge >= 0.3 is 0 Å². The lowest BCUT2D eigenvalue weighted by molar-refractivity contribution is 0.1000. The van der Waals surface area contributed by atoms with Gasteiger partial charge in [-0.3, -0.25) is 4.79 Å². The molecule has 0 fully saturated rings. The van der Waals surface area contributed by atoms with E-state index >= 15 is 0 Å². The van der Waals surface area contributed by atoms with Gasteiger partial charge in [-0.05, 0) is 34.1 Å². The second-order valence-electron chi connectivity index (χ2n) is 4.27. The molecule has 0 saturated carbocycles. The second kappa shape index (κ2) is 6.17. The summed E-state index contributed by atoms with van der Waals surface area (Å²) in [6.45, 7) is -0.0666.